The Morgan fingerprint density at radius 2 is 2.00 bits per heavy atom. The van der Waals surface area contributed by atoms with E-state index in [9.17, 15) is 14.0 Å². The van der Waals surface area contributed by atoms with Gasteiger partial charge >= 0.3 is 6.09 Å². The van der Waals surface area contributed by atoms with Crippen molar-refractivity contribution < 1.29 is 18.7 Å². The molecule has 0 aliphatic carbocycles. The van der Waals surface area contributed by atoms with Gasteiger partial charge < -0.3 is 19.5 Å². The molecule has 31 heavy (non-hydrogen) atoms. The number of hydrogen-bond acceptors (Lipinski definition) is 5. The number of nitrogens with one attached hydrogen (secondary N) is 1. The van der Waals surface area contributed by atoms with Crippen molar-refractivity contribution >= 4 is 23.4 Å². The Bertz CT molecular complexity index is 954. The summed E-state index contributed by atoms with van der Waals surface area (Å²) < 4.78 is 22.3. The Kier molecular flexibility index (Phi) is 6.13. The number of rotatable bonds is 6. The first-order valence-electron chi connectivity index (χ1n) is 10.5. The number of carbonyl (C=O) groups excluding carboxylic acids is 2. The summed E-state index contributed by atoms with van der Waals surface area (Å²) in [6.07, 6.45) is 1.06. The van der Waals surface area contributed by atoms with E-state index in [1.807, 2.05) is 24.2 Å². The minimum atomic E-state index is -0.531. The van der Waals surface area contributed by atoms with Gasteiger partial charge in [-0.15, -0.1) is 0 Å². The van der Waals surface area contributed by atoms with Gasteiger partial charge in [0.1, 0.15) is 11.9 Å². The summed E-state index contributed by atoms with van der Waals surface area (Å²) >= 11 is 0. The summed E-state index contributed by atoms with van der Waals surface area (Å²) in [6, 6.07) is 9.02. The number of ether oxygens (including phenoxy) is 1. The molecule has 1 N–H and O–H groups in total. The Labute approximate surface area is 181 Å². The molecule has 8 nitrogen and oxygen atoms in total. The van der Waals surface area contributed by atoms with Crippen LogP contribution < -0.4 is 15.1 Å². The first kappa shape index (κ1) is 21.2. The average Bonchev–Trinajstić information content (AvgIpc) is 3.32. The van der Waals surface area contributed by atoms with Crippen molar-refractivity contribution in [2.45, 2.75) is 19.6 Å². The zero-order valence-electron chi connectivity index (χ0n) is 17.9. The zero-order valence-corrected chi connectivity index (χ0v) is 17.9. The number of hydrogen-bond donors (Lipinski definition) is 1. The number of benzene rings is 1. The van der Waals surface area contributed by atoms with Crippen LogP contribution >= 0.6 is 0 Å². The monoisotopic (exact) mass is 429 g/mol. The molecule has 0 radical (unpaired) electrons. The van der Waals surface area contributed by atoms with Gasteiger partial charge in [0.2, 0.25) is 5.91 Å². The third kappa shape index (κ3) is 4.82. The molecule has 2 amide bonds. The number of nitrogens with zero attached hydrogens (tertiary/aromatic N) is 4. The fraction of sp³-hybridized carbons (Fsp3) is 0.455. The number of amides is 2. The predicted molar refractivity (Wildman–Crippen MR) is 116 cm³/mol. The second kappa shape index (κ2) is 8.97. The van der Waals surface area contributed by atoms with Crippen molar-refractivity contribution in [1.29, 1.82) is 0 Å². The third-order valence-electron chi connectivity index (χ3n) is 5.85. The highest BCUT2D eigenvalue weighted by molar-refractivity contribution is 5.90. The summed E-state index contributed by atoms with van der Waals surface area (Å²) in [5.74, 6) is -0.542. The van der Waals surface area contributed by atoms with Crippen LogP contribution in [0.15, 0.2) is 36.5 Å². The van der Waals surface area contributed by atoms with Gasteiger partial charge in [-0.3, -0.25) is 14.6 Å². The second-order valence-electron chi connectivity index (χ2n) is 8.06. The van der Waals surface area contributed by atoms with Crippen molar-refractivity contribution in [2.24, 2.45) is 7.05 Å². The van der Waals surface area contributed by atoms with E-state index in [1.165, 1.54) is 23.6 Å². The number of cyclic esters (lactones) is 1. The number of halogens is 1. The fourth-order valence-corrected chi connectivity index (χ4v) is 4.05. The van der Waals surface area contributed by atoms with Gasteiger partial charge in [0.25, 0.3) is 0 Å². The molecule has 0 bridgehead atoms. The molecule has 0 spiro atoms. The quantitative estimate of drug-likeness (QED) is 0.760. The van der Waals surface area contributed by atoms with Crippen LogP contribution in [0.2, 0.25) is 0 Å². The summed E-state index contributed by atoms with van der Waals surface area (Å²) in [5.41, 5.74) is 2.27. The van der Waals surface area contributed by atoms with Crippen LogP contribution in [-0.2, 0) is 23.1 Å². The fourth-order valence-electron chi connectivity index (χ4n) is 4.05. The van der Waals surface area contributed by atoms with Crippen LogP contribution in [0.5, 0.6) is 0 Å². The topological polar surface area (TPSA) is 70.1 Å². The lowest BCUT2D eigenvalue weighted by molar-refractivity contribution is -0.119. The Hall–Kier alpha value is -3.07. The molecule has 2 aromatic rings. The number of aromatic nitrogens is 1. The average molecular weight is 429 g/mol. The molecule has 2 saturated heterocycles. The largest absolute Gasteiger partial charge is 0.442 e. The smallest absolute Gasteiger partial charge is 0.414 e. The molecule has 2 aliphatic heterocycles. The van der Waals surface area contributed by atoms with Crippen LogP contribution in [0.25, 0.3) is 0 Å². The zero-order chi connectivity index (χ0) is 22.0. The molecule has 1 unspecified atom stereocenters. The van der Waals surface area contributed by atoms with E-state index >= 15 is 0 Å². The molecule has 3 heterocycles. The normalized spacial score (nSPS) is 19.6. The van der Waals surface area contributed by atoms with Crippen LogP contribution in [0, 0.1) is 5.82 Å². The van der Waals surface area contributed by atoms with E-state index in [2.05, 4.69) is 20.9 Å². The Balaban J connectivity index is 1.35. The highest BCUT2D eigenvalue weighted by atomic mass is 19.1. The third-order valence-corrected chi connectivity index (χ3v) is 5.85. The van der Waals surface area contributed by atoms with Gasteiger partial charge in [-0.05, 0) is 30.3 Å². The summed E-state index contributed by atoms with van der Waals surface area (Å²) in [6.45, 7) is 6.00. The van der Waals surface area contributed by atoms with Crippen LogP contribution in [0.1, 0.15) is 12.6 Å². The molecule has 2 aliphatic rings. The summed E-state index contributed by atoms with van der Waals surface area (Å²) in [4.78, 5) is 29.0. The lowest BCUT2D eigenvalue weighted by atomic mass is 10.2. The van der Waals surface area contributed by atoms with Crippen molar-refractivity contribution in [3.63, 3.8) is 0 Å². The number of piperazine rings is 1. The molecule has 1 atom stereocenters. The van der Waals surface area contributed by atoms with Crippen molar-refractivity contribution in [3.8, 4) is 0 Å². The highest BCUT2D eigenvalue weighted by Crippen LogP contribution is 2.28. The van der Waals surface area contributed by atoms with Gasteiger partial charge in [-0.2, -0.15) is 0 Å². The van der Waals surface area contributed by atoms with Gasteiger partial charge in [-0.25, -0.2) is 9.18 Å². The van der Waals surface area contributed by atoms with Gasteiger partial charge in [0.15, 0.2) is 0 Å². The van der Waals surface area contributed by atoms with E-state index in [0.29, 0.717) is 11.4 Å². The minimum absolute atomic E-state index is 0.186. The highest BCUT2D eigenvalue weighted by Gasteiger charge is 2.33. The van der Waals surface area contributed by atoms with Gasteiger partial charge in [0.05, 0.1) is 24.5 Å². The molecular weight excluding hydrogens is 401 g/mol. The maximum absolute atomic E-state index is 14.9. The Morgan fingerprint density at radius 3 is 2.65 bits per heavy atom. The van der Waals surface area contributed by atoms with Crippen molar-refractivity contribution in [2.75, 3.05) is 49.1 Å². The Morgan fingerprint density at radius 1 is 1.23 bits per heavy atom. The van der Waals surface area contributed by atoms with Crippen molar-refractivity contribution in [3.05, 3.63) is 48.0 Å². The van der Waals surface area contributed by atoms with Crippen LogP contribution in [0.4, 0.5) is 20.6 Å². The van der Waals surface area contributed by atoms with Crippen LogP contribution in [-0.4, -0.2) is 66.8 Å². The van der Waals surface area contributed by atoms with E-state index in [4.69, 9.17) is 4.74 Å². The molecule has 2 fully saturated rings. The SMILES string of the molecule is CC(=O)NCC1CN(c2ccc(N3CCN(Cc4cccn4C)CC3)c(F)c2)C(=O)O1. The number of anilines is 2. The maximum Gasteiger partial charge on any atom is 0.414 e. The first-order valence-corrected chi connectivity index (χ1v) is 10.5. The number of carbonyl (C=O) groups is 2. The molecule has 166 valence electrons. The van der Waals surface area contributed by atoms with Crippen LogP contribution in [0.3, 0.4) is 0 Å². The second-order valence-corrected chi connectivity index (χ2v) is 8.06. The molecule has 1 aromatic carbocycles. The molecule has 0 saturated carbocycles. The van der Waals surface area contributed by atoms with E-state index in [-0.39, 0.29) is 24.8 Å². The summed E-state index contributed by atoms with van der Waals surface area (Å²) in [5, 5.41) is 2.63. The molecule has 9 heteroatoms. The lowest BCUT2D eigenvalue weighted by Gasteiger charge is -2.36. The molecule has 1 aromatic heterocycles. The van der Waals surface area contributed by atoms with Gasteiger partial charge in [0, 0.05) is 58.6 Å². The summed E-state index contributed by atoms with van der Waals surface area (Å²) in [7, 11) is 2.04. The van der Waals surface area contributed by atoms with Crippen molar-refractivity contribution in [1.82, 2.24) is 14.8 Å². The number of aryl methyl sites for hydroxylation is 1. The molecule has 4 rings (SSSR count). The van der Waals surface area contributed by atoms with E-state index in [0.717, 1.165) is 32.7 Å². The lowest BCUT2D eigenvalue weighted by Crippen LogP contribution is -2.46. The predicted octanol–water partition coefficient (Wildman–Crippen LogP) is 1.95. The minimum Gasteiger partial charge on any atom is -0.442 e. The molecular formula is C22H28FN5O3. The standard InChI is InChI=1S/C22H28FN5O3/c1-16(29)24-13-19-15-28(22(30)31-19)17-5-6-21(20(23)12-17)27-10-8-26(9-11-27)14-18-4-3-7-25(18)2/h3-7,12,19H,8-11,13-15H2,1-2H3,(H,24,29). The first-order chi connectivity index (χ1) is 14.9. The van der Waals surface area contributed by atoms with E-state index in [1.54, 1.807) is 12.1 Å². The maximum atomic E-state index is 14.9. The van der Waals surface area contributed by atoms with Gasteiger partial charge in [-0.1, -0.05) is 0 Å². The van der Waals surface area contributed by atoms with E-state index < -0.39 is 12.2 Å².